The summed E-state index contributed by atoms with van der Waals surface area (Å²) in [5, 5.41) is 0.978. The van der Waals surface area contributed by atoms with E-state index in [2.05, 4.69) is 0 Å². The van der Waals surface area contributed by atoms with Gasteiger partial charge in [0.2, 0.25) is 0 Å². The van der Waals surface area contributed by atoms with Crippen LogP contribution in [0, 0.1) is 0 Å². The third-order valence-electron chi connectivity index (χ3n) is 2.55. The maximum Gasteiger partial charge on any atom is 0.321 e. The molecule has 0 saturated carbocycles. The van der Waals surface area contributed by atoms with E-state index in [4.69, 9.17) is 44.3 Å². The van der Waals surface area contributed by atoms with Crippen molar-refractivity contribution in [2.45, 2.75) is 6.61 Å². The standard InChI is InChI=1S/C15H11Cl3O3/c16-8-15(19)20-9-10-1-4-12(5-2-10)21-14-6-3-11(17)7-13(14)18/h1-7H,8-9H2. The van der Waals surface area contributed by atoms with Crippen LogP contribution in [0.15, 0.2) is 42.5 Å². The number of carbonyl (C=O) groups excluding carboxylic acids is 1. The molecular weight excluding hydrogens is 335 g/mol. The Morgan fingerprint density at radius 2 is 1.76 bits per heavy atom. The van der Waals surface area contributed by atoms with Gasteiger partial charge in [-0.1, -0.05) is 35.3 Å². The van der Waals surface area contributed by atoms with Gasteiger partial charge in [0.25, 0.3) is 0 Å². The van der Waals surface area contributed by atoms with Crippen molar-refractivity contribution < 1.29 is 14.3 Å². The second-order valence-corrected chi connectivity index (χ2v) is 5.23. The summed E-state index contributed by atoms with van der Waals surface area (Å²) >= 11 is 17.2. The first-order valence-corrected chi connectivity index (χ1v) is 7.31. The van der Waals surface area contributed by atoms with Gasteiger partial charge in [0.05, 0.1) is 5.02 Å². The van der Waals surface area contributed by atoms with E-state index in [9.17, 15) is 4.79 Å². The molecule has 0 aliphatic heterocycles. The highest BCUT2D eigenvalue weighted by Crippen LogP contribution is 2.31. The highest BCUT2D eigenvalue weighted by molar-refractivity contribution is 6.35. The van der Waals surface area contributed by atoms with Gasteiger partial charge >= 0.3 is 5.97 Å². The summed E-state index contributed by atoms with van der Waals surface area (Å²) in [6, 6.07) is 12.1. The summed E-state index contributed by atoms with van der Waals surface area (Å²) in [5.74, 6) is 0.523. The lowest BCUT2D eigenvalue weighted by Gasteiger charge is -2.09. The number of rotatable bonds is 5. The first kappa shape index (κ1) is 16.0. The van der Waals surface area contributed by atoms with Crippen LogP contribution in [0.5, 0.6) is 11.5 Å². The molecule has 0 heterocycles. The predicted octanol–water partition coefficient (Wildman–Crippen LogP) is 5.07. The summed E-state index contributed by atoms with van der Waals surface area (Å²) < 4.78 is 10.6. The number of carbonyl (C=O) groups is 1. The monoisotopic (exact) mass is 344 g/mol. The summed E-state index contributed by atoms with van der Waals surface area (Å²) in [4.78, 5) is 11.0. The number of benzene rings is 2. The van der Waals surface area contributed by atoms with Gasteiger partial charge in [-0.3, -0.25) is 4.79 Å². The Balaban J connectivity index is 2.00. The zero-order chi connectivity index (χ0) is 15.2. The Hall–Kier alpha value is -1.42. The second-order valence-electron chi connectivity index (χ2n) is 4.12. The van der Waals surface area contributed by atoms with Crippen LogP contribution in [0.25, 0.3) is 0 Å². The molecule has 2 aromatic carbocycles. The molecule has 6 heteroatoms. The minimum Gasteiger partial charge on any atom is -0.460 e. The number of hydrogen-bond donors (Lipinski definition) is 0. The summed E-state index contributed by atoms with van der Waals surface area (Å²) in [7, 11) is 0. The molecular formula is C15H11Cl3O3. The van der Waals surface area contributed by atoms with Crippen molar-refractivity contribution in [3.63, 3.8) is 0 Å². The lowest BCUT2D eigenvalue weighted by atomic mass is 10.2. The minimum absolute atomic E-state index is 0.156. The topological polar surface area (TPSA) is 35.5 Å². The molecule has 0 saturated heterocycles. The molecule has 3 nitrogen and oxygen atoms in total. The normalized spacial score (nSPS) is 10.2. The van der Waals surface area contributed by atoms with Crippen molar-refractivity contribution in [3.8, 4) is 11.5 Å². The number of ether oxygens (including phenoxy) is 2. The summed E-state index contributed by atoms with van der Waals surface area (Å²) in [6.45, 7) is 0.174. The Labute approximate surface area is 137 Å². The van der Waals surface area contributed by atoms with Crippen LogP contribution in [0.2, 0.25) is 10.0 Å². The van der Waals surface area contributed by atoms with Crippen molar-refractivity contribution in [2.24, 2.45) is 0 Å². The minimum atomic E-state index is -0.454. The van der Waals surface area contributed by atoms with Crippen LogP contribution in [0.3, 0.4) is 0 Å². The molecule has 0 bridgehead atoms. The fraction of sp³-hybridized carbons (Fsp3) is 0.133. The second kappa shape index (κ2) is 7.55. The molecule has 2 rings (SSSR count). The average Bonchev–Trinajstić information content (AvgIpc) is 2.49. The number of halogens is 3. The predicted molar refractivity (Wildman–Crippen MR) is 83.5 cm³/mol. The molecule has 21 heavy (non-hydrogen) atoms. The molecule has 2 aromatic rings. The first-order valence-electron chi connectivity index (χ1n) is 6.02. The molecule has 0 aromatic heterocycles. The molecule has 0 atom stereocenters. The molecule has 0 unspecified atom stereocenters. The van der Waals surface area contributed by atoms with Crippen LogP contribution >= 0.6 is 34.8 Å². The van der Waals surface area contributed by atoms with Gasteiger partial charge in [0.15, 0.2) is 0 Å². The van der Waals surface area contributed by atoms with Gasteiger partial charge in [-0.2, -0.15) is 0 Å². The Bertz CT molecular complexity index is 627. The van der Waals surface area contributed by atoms with Gasteiger partial charge < -0.3 is 9.47 Å². The summed E-state index contributed by atoms with van der Waals surface area (Å²) in [6.07, 6.45) is 0. The Morgan fingerprint density at radius 1 is 1.05 bits per heavy atom. The largest absolute Gasteiger partial charge is 0.460 e. The molecule has 0 fully saturated rings. The van der Waals surface area contributed by atoms with Crippen LogP contribution in [0.1, 0.15) is 5.56 Å². The van der Waals surface area contributed by atoms with Crippen molar-refractivity contribution in [2.75, 3.05) is 5.88 Å². The lowest BCUT2D eigenvalue weighted by molar-refractivity contribution is -0.141. The van der Waals surface area contributed by atoms with Gasteiger partial charge in [-0.15, -0.1) is 11.6 Å². The molecule has 0 spiro atoms. The van der Waals surface area contributed by atoms with E-state index < -0.39 is 5.97 Å². The number of hydrogen-bond acceptors (Lipinski definition) is 3. The van der Waals surface area contributed by atoms with E-state index in [-0.39, 0.29) is 12.5 Å². The maximum atomic E-state index is 11.0. The summed E-state index contributed by atoms with van der Waals surface area (Å²) in [5.41, 5.74) is 0.836. The maximum absolute atomic E-state index is 11.0. The van der Waals surface area contributed by atoms with Crippen molar-refractivity contribution >= 4 is 40.8 Å². The molecule has 0 amide bonds. The Morgan fingerprint density at radius 3 is 2.38 bits per heavy atom. The van der Waals surface area contributed by atoms with E-state index in [0.29, 0.717) is 21.5 Å². The third-order valence-corrected chi connectivity index (χ3v) is 3.30. The molecule has 110 valence electrons. The van der Waals surface area contributed by atoms with E-state index in [0.717, 1.165) is 5.56 Å². The van der Waals surface area contributed by atoms with Gasteiger partial charge in [0.1, 0.15) is 24.0 Å². The molecule has 0 aliphatic carbocycles. The first-order chi connectivity index (χ1) is 10.1. The SMILES string of the molecule is O=C(CCl)OCc1ccc(Oc2ccc(Cl)cc2Cl)cc1. The zero-order valence-corrected chi connectivity index (χ0v) is 13.1. The highest BCUT2D eigenvalue weighted by Gasteiger charge is 2.05. The quantitative estimate of drug-likeness (QED) is 0.561. The lowest BCUT2D eigenvalue weighted by Crippen LogP contribution is -2.05. The van der Waals surface area contributed by atoms with Crippen LogP contribution in [-0.2, 0) is 16.1 Å². The third kappa shape index (κ3) is 4.81. The van der Waals surface area contributed by atoms with Crippen molar-refractivity contribution in [3.05, 3.63) is 58.1 Å². The smallest absolute Gasteiger partial charge is 0.321 e. The number of esters is 1. The van der Waals surface area contributed by atoms with Crippen LogP contribution in [-0.4, -0.2) is 11.8 Å². The fourth-order valence-electron chi connectivity index (χ4n) is 1.54. The highest BCUT2D eigenvalue weighted by atomic mass is 35.5. The van der Waals surface area contributed by atoms with E-state index in [1.165, 1.54) is 0 Å². The van der Waals surface area contributed by atoms with Crippen molar-refractivity contribution in [1.82, 2.24) is 0 Å². The van der Waals surface area contributed by atoms with Gasteiger partial charge in [0, 0.05) is 5.02 Å². The molecule has 0 radical (unpaired) electrons. The number of alkyl halides is 1. The van der Waals surface area contributed by atoms with Crippen molar-refractivity contribution in [1.29, 1.82) is 0 Å². The average molecular weight is 346 g/mol. The van der Waals surface area contributed by atoms with E-state index in [1.807, 2.05) is 0 Å². The van der Waals surface area contributed by atoms with Crippen LogP contribution in [0.4, 0.5) is 0 Å². The fourth-order valence-corrected chi connectivity index (χ4v) is 2.07. The molecule has 0 N–H and O–H groups in total. The Kier molecular flexibility index (Phi) is 5.74. The van der Waals surface area contributed by atoms with Crippen LogP contribution < -0.4 is 4.74 Å². The van der Waals surface area contributed by atoms with Gasteiger partial charge in [-0.25, -0.2) is 0 Å². The zero-order valence-electron chi connectivity index (χ0n) is 10.8. The molecule has 0 aliphatic rings. The van der Waals surface area contributed by atoms with Gasteiger partial charge in [-0.05, 0) is 35.9 Å². The van der Waals surface area contributed by atoms with E-state index in [1.54, 1.807) is 42.5 Å². The van der Waals surface area contributed by atoms with E-state index >= 15 is 0 Å².